The summed E-state index contributed by atoms with van der Waals surface area (Å²) < 4.78 is 0. The fraction of sp³-hybridized carbons (Fsp3) is 0.500. The van der Waals surface area contributed by atoms with Crippen LogP contribution in [-0.2, 0) is 6.42 Å². The molecule has 2 N–H and O–H groups in total. The van der Waals surface area contributed by atoms with Gasteiger partial charge in [-0.25, -0.2) is 4.98 Å². The number of para-hydroxylation sites is 1. The van der Waals surface area contributed by atoms with Crippen molar-refractivity contribution in [2.45, 2.75) is 45.6 Å². The molecule has 0 radical (unpaired) electrons. The largest absolute Gasteiger partial charge is 0.359 e. The van der Waals surface area contributed by atoms with Gasteiger partial charge in [0.25, 0.3) is 0 Å². The number of rotatable bonds is 7. The van der Waals surface area contributed by atoms with Crippen molar-refractivity contribution in [3.8, 4) is 0 Å². The first kappa shape index (κ1) is 15.8. The standard InChI is InChI=1S/C18H27N3/c1-4-6-11-21(3)18-15(13-16(19)5-2)12-14-9-7-8-10-17(14)20-18/h7-10,12,16H,4-6,11,13,19H2,1-3H3. The van der Waals surface area contributed by atoms with Crippen molar-refractivity contribution in [2.75, 3.05) is 18.5 Å². The predicted octanol–water partition coefficient (Wildman–Crippen LogP) is 3.75. The summed E-state index contributed by atoms with van der Waals surface area (Å²) in [6.45, 7) is 5.39. The Morgan fingerprint density at radius 1 is 1.24 bits per heavy atom. The first-order valence-electron chi connectivity index (χ1n) is 8.01. The molecule has 3 heteroatoms. The number of unbranched alkanes of at least 4 members (excludes halogenated alkanes) is 1. The Kier molecular flexibility index (Phi) is 5.57. The normalized spacial score (nSPS) is 12.6. The van der Waals surface area contributed by atoms with Gasteiger partial charge in [0, 0.05) is 25.0 Å². The quantitative estimate of drug-likeness (QED) is 0.842. The van der Waals surface area contributed by atoms with E-state index in [9.17, 15) is 0 Å². The molecule has 0 aliphatic rings. The van der Waals surface area contributed by atoms with Crippen LogP contribution in [-0.4, -0.2) is 24.6 Å². The van der Waals surface area contributed by atoms with Crippen molar-refractivity contribution in [1.82, 2.24) is 4.98 Å². The number of pyridine rings is 1. The van der Waals surface area contributed by atoms with Crippen LogP contribution >= 0.6 is 0 Å². The number of hydrogen-bond donors (Lipinski definition) is 1. The third-order valence-corrected chi connectivity index (χ3v) is 4.00. The number of anilines is 1. The molecule has 0 bridgehead atoms. The Labute approximate surface area is 128 Å². The lowest BCUT2D eigenvalue weighted by Gasteiger charge is -2.23. The van der Waals surface area contributed by atoms with Crippen molar-refractivity contribution < 1.29 is 0 Å². The molecule has 1 atom stereocenters. The van der Waals surface area contributed by atoms with Gasteiger partial charge < -0.3 is 10.6 Å². The van der Waals surface area contributed by atoms with Gasteiger partial charge in [0.05, 0.1) is 5.52 Å². The van der Waals surface area contributed by atoms with Gasteiger partial charge >= 0.3 is 0 Å². The third kappa shape index (κ3) is 3.94. The molecule has 0 aliphatic carbocycles. The fourth-order valence-electron chi connectivity index (χ4n) is 2.56. The molecule has 1 aromatic carbocycles. The minimum Gasteiger partial charge on any atom is -0.359 e. The summed E-state index contributed by atoms with van der Waals surface area (Å²) in [6.07, 6.45) is 4.26. The molecule has 0 saturated heterocycles. The second-order valence-electron chi connectivity index (χ2n) is 5.81. The molecule has 1 aromatic heterocycles. The summed E-state index contributed by atoms with van der Waals surface area (Å²) in [5, 5.41) is 1.20. The molecule has 114 valence electrons. The van der Waals surface area contributed by atoms with Gasteiger partial charge in [0.2, 0.25) is 0 Å². The highest BCUT2D eigenvalue weighted by molar-refractivity contribution is 5.81. The molecule has 1 unspecified atom stereocenters. The average molecular weight is 285 g/mol. The summed E-state index contributed by atoms with van der Waals surface area (Å²) >= 11 is 0. The van der Waals surface area contributed by atoms with Crippen molar-refractivity contribution in [1.29, 1.82) is 0 Å². The molecular weight excluding hydrogens is 258 g/mol. The Morgan fingerprint density at radius 2 is 2.00 bits per heavy atom. The van der Waals surface area contributed by atoms with Crippen molar-refractivity contribution in [2.24, 2.45) is 5.73 Å². The maximum absolute atomic E-state index is 6.17. The monoisotopic (exact) mass is 285 g/mol. The topological polar surface area (TPSA) is 42.2 Å². The molecule has 3 nitrogen and oxygen atoms in total. The van der Waals surface area contributed by atoms with Gasteiger partial charge in [-0.15, -0.1) is 0 Å². The van der Waals surface area contributed by atoms with Crippen LogP contribution in [0.25, 0.3) is 10.9 Å². The Bertz CT molecular complexity index is 580. The number of nitrogens with two attached hydrogens (primary N) is 1. The van der Waals surface area contributed by atoms with Gasteiger partial charge in [-0.3, -0.25) is 0 Å². The van der Waals surface area contributed by atoms with Gasteiger partial charge in [-0.05, 0) is 37.0 Å². The van der Waals surface area contributed by atoms with Crippen LogP contribution in [0.1, 0.15) is 38.7 Å². The minimum atomic E-state index is 0.200. The molecule has 2 rings (SSSR count). The number of hydrogen-bond acceptors (Lipinski definition) is 3. The second kappa shape index (κ2) is 7.41. The van der Waals surface area contributed by atoms with Gasteiger partial charge in [0.15, 0.2) is 0 Å². The zero-order valence-electron chi connectivity index (χ0n) is 13.5. The Hall–Kier alpha value is -1.61. The van der Waals surface area contributed by atoms with Gasteiger partial charge in [-0.1, -0.05) is 38.5 Å². The SMILES string of the molecule is CCCCN(C)c1nc2ccccc2cc1CC(N)CC. The fourth-order valence-corrected chi connectivity index (χ4v) is 2.56. The van der Waals surface area contributed by atoms with Crippen LogP contribution in [0.2, 0.25) is 0 Å². The molecule has 0 spiro atoms. The van der Waals surface area contributed by atoms with Crippen LogP contribution in [0.4, 0.5) is 5.82 Å². The molecule has 0 aliphatic heterocycles. The van der Waals surface area contributed by atoms with Crippen LogP contribution in [0.15, 0.2) is 30.3 Å². The maximum atomic E-state index is 6.17. The smallest absolute Gasteiger partial charge is 0.132 e. The Balaban J connectivity index is 2.40. The van der Waals surface area contributed by atoms with Crippen molar-refractivity contribution in [3.05, 3.63) is 35.9 Å². The summed E-state index contributed by atoms with van der Waals surface area (Å²) in [5.41, 5.74) is 8.50. The molecule has 21 heavy (non-hydrogen) atoms. The van der Waals surface area contributed by atoms with E-state index in [0.29, 0.717) is 0 Å². The number of benzene rings is 1. The molecule has 0 saturated carbocycles. The molecule has 2 aromatic rings. The number of aromatic nitrogens is 1. The van der Waals surface area contributed by atoms with Crippen LogP contribution in [0.5, 0.6) is 0 Å². The summed E-state index contributed by atoms with van der Waals surface area (Å²) in [4.78, 5) is 7.16. The van der Waals surface area contributed by atoms with E-state index in [1.54, 1.807) is 0 Å². The summed E-state index contributed by atoms with van der Waals surface area (Å²) in [5.74, 6) is 1.09. The van der Waals surface area contributed by atoms with E-state index in [2.05, 4.69) is 50.1 Å². The Morgan fingerprint density at radius 3 is 2.71 bits per heavy atom. The zero-order valence-corrected chi connectivity index (χ0v) is 13.5. The van der Waals surface area contributed by atoms with Crippen LogP contribution < -0.4 is 10.6 Å². The van der Waals surface area contributed by atoms with Crippen molar-refractivity contribution >= 4 is 16.7 Å². The van der Waals surface area contributed by atoms with E-state index < -0.39 is 0 Å². The summed E-state index contributed by atoms with van der Waals surface area (Å²) in [7, 11) is 2.13. The van der Waals surface area contributed by atoms with E-state index in [1.165, 1.54) is 23.8 Å². The first-order chi connectivity index (χ1) is 10.2. The van der Waals surface area contributed by atoms with Gasteiger partial charge in [0.1, 0.15) is 5.82 Å². The van der Waals surface area contributed by atoms with E-state index in [-0.39, 0.29) is 6.04 Å². The lowest BCUT2D eigenvalue weighted by Crippen LogP contribution is -2.25. The first-order valence-corrected chi connectivity index (χ1v) is 8.01. The highest BCUT2D eigenvalue weighted by Gasteiger charge is 2.13. The predicted molar refractivity (Wildman–Crippen MR) is 91.9 cm³/mol. The van der Waals surface area contributed by atoms with Gasteiger partial charge in [-0.2, -0.15) is 0 Å². The minimum absolute atomic E-state index is 0.200. The number of fused-ring (bicyclic) bond motifs is 1. The lowest BCUT2D eigenvalue weighted by molar-refractivity contribution is 0.643. The van der Waals surface area contributed by atoms with E-state index in [1.807, 2.05) is 6.07 Å². The van der Waals surface area contributed by atoms with Crippen LogP contribution in [0.3, 0.4) is 0 Å². The maximum Gasteiger partial charge on any atom is 0.132 e. The number of nitrogens with zero attached hydrogens (tertiary/aromatic N) is 2. The van der Waals surface area contributed by atoms with E-state index >= 15 is 0 Å². The van der Waals surface area contributed by atoms with E-state index in [0.717, 1.165) is 30.7 Å². The third-order valence-electron chi connectivity index (χ3n) is 4.00. The molecule has 1 heterocycles. The van der Waals surface area contributed by atoms with E-state index in [4.69, 9.17) is 10.7 Å². The average Bonchev–Trinajstić information content (AvgIpc) is 2.51. The highest BCUT2D eigenvalue weighted by atomic mass is 15.2. The lowest BCUT2D eigenvalue weighted by atomic mass is 10.0. The molecule has 0 fully saturated rings. The summed E-state index contributed by atoms with van der Waals surface area (Å²) in [6, 6.07) is 10.8. The zero-order chi connectivity index (χ0) is 15.2. The second-order valence-corrected chi connectivity index (χ2v) is 5.81. The molecular formula is C18H27N3. The highest BCUT2D eigenvalue weighted by Crippen LogP contribution is 2.24. The van der Waals surface area contributed by atoms with Crippen molar-refractivity contribution in [3.63, 3.8) is 0 Å². The van der Waals surface area contributed by atoms with Crippen LogP contribution in [0, 0.1) is 0 Å². The molecule has 0 amide bonds.